The van der Waals surface area contributed by atoms with Gasteiger partial charge in [-0.1, -0.05) is 12.6 Å². The van der Waals surface area contributed by atoms with Crippen molar-refractivity contribution in [3.63, 3.8) is 0 Å². The van der Waals surface area contributed by atoms with Gasteiger partial charge in [0.05, 0.1) is 5.69 Å². The minimum atomic E-state index is -0.0327. The molecule has 1 aromatic heterocycles. The Labute approximate surface area is 232 Å². The number of benzene rings is 1. The van der Waals surface area contributed by atoms with E-state index in [9.17, 15) is 9.90 Å². The quantitative estimate of drug-likeness (QED) is 0.541. The fraction of sp³-hybridized carbons (Fsp3) is 0.567. The van der Waals surface area contributed by atoms with E-state index in [1.54, 1.807) is 6.07 Å². The number of hydrogen-bond acceptors (Lipinski definition) is 8. The molecular formula is C30H42N6O3. The number of hydrogen-bond donors (Lipinski definition) is 1. The molecule has 1 N–H and O–H groups in total. The standard InChI is InChI=1S/C30H42N6O3/c1-7-28(38)35-13-21(4)36(14-20(35)3)29-25-16-34(15-24-19(2)10-11-27(37)22(24)5)17-26(25)31-30(32-29)39-18-23-9-8-12-33(23)6/h7,10-11,20-21,23,37H,1,8-9,12-18H2,2-6H3/t20-,21+,23+/m1/s1. The lowest BCUT2D eigenvalue weighted by atomic mass is 10.0. The van der Waals surface area contributed by atoms with E-state index in [1.165, 1.54) is 18.1 Å². The number of carbonyl (C=O) groups excluding carboxylic acids is 1. The fourth-order valence-electron chi connectivity index (χ4n) is 6.25. The van der Waals surface area contributed by atoms with Gasteiger partial charge in [0, 0.05) is 56.4 Å². The molecule has 0 bridgehead atoms. The number of likely N-dealkylation sites (tertiary alicyclic amines) is 1. The molecule has 2 fully saturated rings. The van der Waals surface area contributed by atoms with Crippen molar-refractivity contribution in [2.75, 3.05) is 38.2 Å². The Hall–Kier alpha value is -3.17. The highest BCUT2D eigenvalue weighted by atomic mass is 16.5. The van der Waals surface area contributed by atoms with Crippen LogP contribution >= 0.6 is 0 Å². The number of anilines is 1. The number of carbonyl (C=O) groups is 1. The lowest BCUT2D eigenvalue weighted by molar-refractivity contribution is -0.128. The van der Waals surface area contributed by atoms with Gasteiger partial charge in [0.25, 0.3) is 0 Å². The largest absolute Gasteiger partial charge is 0.508 e. The van der Waals surface area contributed by atoms with Gasteiger partial charge in [0.1, 0.15) is 18.2 Å². The number of piperazine rings is 1. The summed E-state index contributed by atoms with van der Waals surface area (Å²) in [6.45, 7) is 17.1. The number of rotatable bonds is 7. The van der Waals surface area contributed by atoms with Crippen LogP contribution in [0.15, 0.2) is 24.8 Å². The Morgan fingerprint density at radius 1 is 1.18 bits per heavy atom. The van der Waals surface area contributed by atoms with Gasteiger partial charge in [-0.2, -0.15) is 9.97 Å². The zero-order valence-electron chi connectivity index (χ0n) is 24.0. The molecule has 0 saturated carbocycles. The predicted octanol–water partition coefficient (Wildman–Crippen LogP) is 3.40. The Balaban J connectivity index is 1.43. The van der Waals surface area contributed by atoms with Crippen molar-refractivity contribution in [1.82, 2.24) is 24.7 Å². The predicted molar refractivity (Wildman–Crippen MR) is 152 cm³/mol. The first kappa shape index (κ1) is 27.4. The zero-order valence-corrected chi connectivity index (χ0v) is 24.0. The van der Waals surface area contributed by atoms with Gasteiger partial charge in [-0.05, 0) is 83.0 Å². The van der Waals surface area contributed by atoms with Crippen LogP contribution in [0.5, 0.6) is 11.8 Å². The first-order valence-corrected chi connectivity index (χ1v) is 14.1. The molecular weight excluding hydrogens is 492 g/mol. The second-order valence-electron chi connectivity index (χ2n) is 11.5. The third kappa shape index (κ3) is 5.47. The maximum absolute atomic E-state index is 12.5. The summed E-state index contributed by atoms with van der Waals surface area (Å²) >= 11 is 0. The highest BCUT2D eigenvalue weighted by Gasteiger charge is 2.36. The van der Waals surface area contributed by atoms with Crippen molar-refractivity contribution in [2.24, 2.45) is 0 Å². The average Bonchev–Trinajstić information content (AvgIpc) is 3.52. The number of fused-ring (bicyclic) bond motifs is 1. The van der Waals surface area contributed by atoms with E-state index in [2.05, 4.69) is 49.1 Å². The van der Waals surface area contributed by atoms with Gasteiger partial charge in [-0.15, -0.1) is 0 Å². The van der Waals surface area contributed by atoms with E-state index < -0.39 is 0 Å². The molecule has 0 unspecified atom stereocenters. The van der Waals surface area contributed by atoms with Gasteiger partial charge < -0.3 is 24.5 Å². The molecule has 5 rings (SSSR count). The van der Waals surface area contributed by atoms with Crippen LogP contribution in [0.4, 0.5) is 5.82 Å². The number of amides is 1. The molecule has 1 aromatic carbocycles. The summed E-state index contributed by atoms with van der Waals surface area (Å²) in [5, 5.41) is 10.3. The van der Waals surface area contributed by atoms with Crippen molar-refractivity contribution < 1.29 is 14.6 Å². The zero-order chi connectivity index (χ0) is 27.8. The molecule has 3 aliphatic heterocycles. The molecule has 3 atom stereocenters. The Morgan fingerprint density at radius 3 is 2.69 bits per heavy atom. The third-order valence-corrected chi connectivity index (χ3v) is 8.78. The highest BCUT2D eigenvalue weighted by molar-refractivity contribution is 5.87. The third-order valence-electron chi connectivity index (χ3n) is 8.78. The van der Waals surface area contributed by atoms with Crippen LogP contribution < -0.4 is 9.64 Å². The van der Waals surface area contributed by atoms with Crippen molar-refractivity contribution >= 4 is 11.7 Å². The lowest BCUT2D eigenvalue weighted by Crippen LogP contribution is -2.58. The summed E-state index contributed by atoms with van der Waals surface area (Å²) < 4.78 is 6.24. The number of aromatic nitrogens is 2. The van der Waals surface area contributed by atoms with E-state index in [-0.39, 0.29) is 18.0 Å². The summed E-state index contributed by atoms with van der Waals surface area (Å²) in [5.74, 6) is 1.21. The molecule has 3 aliphatic rings. The molecule has 4 heterocycles. The summed E-state index contributed by atoms with van der Waals surface area (Å²) in [6.07, 6.45) is 3.71. The van der Waals surface area contributed by atoms with Gasteiger partial charge in [-0.3, -0.25) is 9.69 Å². The van der Waals surface area contributed by atoms with E-state index in [0.717, 1.165) is 54.3 Å². The number of aryl methyl sites for hydroxylation is 1. The van der Waals surface area contributed by atoms with Crippen molar-refractivity contribution in [3.8, 4) is 11.8 Å². The first-order chi connectivity index (χ1) is 18.7. The maximum atomic E-state index is 12.5. The topological polar surface area (TPSA) is 85.3 Å². The van der Waals surface area contributed by atoms with Gasteiger partial charge in [0.2, 0.25) is 5.91 Å². The number of likely N-dealkylation sites (N-methyl/N-ethyl adjacent to an activating group) is 1. The van der Waals surface area contributed by atoms with Crippen molar-refractivity contribution in [3.05, 3.63) is 52.7 Å². The fourth-order valence-corrected chi connectivity index (χ4v) is 6.25. The van der Waals surface area contributed by atoms with E-state index in [0.29, 0.717) is 44.0 Å². The van der Waals surface area contributed by atoms with Crippen LogP contribution in [-0.4, -0.2) is 87.1 Å². The van der Waals surface area contributed by atoms with Crippen LogP contribution in [0, 0.1) is 13.8 Å². The SMILES string of the molecule is C=CC(=O)N1C[C@H](C)N(c2nc(OC[C@@H]3CCCN3C)nc3c2CN(Cc2c(C)ccc(O)c2C)C3)C[C@H]1C. The normalized spacial score (nSPS) is 23.8. The summed E-state index contributed by atoms with van der Waals surface area (Å²) in [5.41, 5.74) is 5.36. The molecule has 0 aliphatic carbocycles. The summed E-state index contributed by atoms with van der Waals surface area (Å²) in [6, 6.07) is 4.67. The minimum absolute atomic E-state index is 0.0314. The second-order valence-corrected chi connectivity index (χ2v) is 11.5. The van der Waals surface area contributed by atoms with Gasteiger partial charge in [0.15, 0.2) is 0 Å². The molecule has 0 radical (unpaired) electrons. The number of ether oxygens (including phenoxy) is 1. The number of aromatic hydroxyl groups is 1. The van der Waals surface area contributed by atoms with Gasteiger partial charge in [-0.25, -0.2) is 0 Å². The Kier molecular flexibility index (Phi) is 7.82. The molecule has 39 heavy (non-hydrogen) atoms. The van der Waals surface area contributed by atoms with Crippen molar-refractivity contribution in [1.29, 1.82) is 0 Å². The Morgan fingerprint density at radius 2 is 1.97 bits per heavy atom. The van der Waals surface area contributed by atoms with Crippen LogP contribution in [0.3, 0.4) is 0 Å². The highest BCUT2D eigenvalue weighted by Crippen LogP contribution is 2.36. The van der Waals surface area contributed by atoms with Crippen LogP contribution in [0.2, 0.25) is 0 Å². The molecule has 9 heteroatoms. The number of phenolic OH excluding ortho intramolecular Hbond substituents is 1. The van der Waals surface area contributed by atoms with E-state index in [1.807, 2.05) is 17.9 Å². The van der Waals surface area contributed by atoms with E-state index in [4.69, 9.17) is 14.7 Å². The molecule has 1 amide bonds. The van der Waals surface area contributed by atoms with Gasteiger partial charge >= 0.3 is 6.01 Å². The first-order valence-electron chi connectivity index (χ1n) is 14.1. The van der Waals surface area contributed by atoms with Crippen LogP contribution in [0.25, 0.3) is 0 Å². The molecule has 210 valence electrons. The van der Waals surface area contributed by atoms with Crippen molar-refractivity contribution in [2.45, 2.75) is 78.3 Å². The number of phenols is 1. The monoisotopic (exact) mass is 534 g/mol. The molecule has 2 saturated heterocycles. The maximum Gasteiger partial charge on any atom is 0.318 e. The molecule has 0 spiro atoms. The minimum Gasteiger partial charge on any atom is -0.508 e. The lowest BCUT2D eigenvalue weighted by Gasteiger charge is -2.44. The smallest absolute Gasteiger partial charge is 0.318 e. The molecule has 9 nitrogen and oxygen atoms in total. The molecule has 2 aromatic rings. The second kappa shape index (κ2) is 11.1. The van der Waals surface area contributed by atoms with E-state index >= 15 is 0 Å². The Bertz CT molecular complexity index is 1250. The van der Waals surface area contributed by atoms with Crippen LogP contribution in [0.1, 0.15) is 54.6 Å². The average molecular weight is 535 g/mol. The summed E-state index contributed by atoms with van der Waals surface area (Å²) in [4.78, 5) is 31.3. The number of nitrogens with zero attached hydrogens (tertiary/aromatic N) is 6. The summed E-state index contributed by atoms with van der Waals surface area (Å²) in [7, 11) is 2.15. The van der Waals surface area contributed by atoms with Crippen LogP contribution in [-0.2, 0) is 24.4 Å².